The topological polar surface area (TPSA) is 65.2 Å². The van der Waals surface area contributed by atoms with Gasteiger partial charge < -0.3 is 24.0 Å². The molecular formula is C19H24N2O4S. The molecule has 0 aliphatic heterocycles. The van der Waals surface area contributed by atoms with Crippen LogP contribution in [0.3, 0.4) is 0 Å². The third kappa shape index (κ3) is 4.76. The van der Waals surface area contributed by atoms with E-state index in [4.69, 9.17) is 30.9 Å². The predicted molar refractivity (Wildman–Crippen MR) is 106 cm³/mol. The maximum absolute atomic E-state index is 5.70. The van der Waals surface area contributed by atoms with Crippen LogP contribution in [0, 0.1) is 13.8 Å². The van der Waals surface area contributed by atoms with Crippen LogP contribution in [0.2, 0.25) is 0 Å². The first kappa shape index (κ1) is 19.8. The molecule has 0 fully saturated rings. The highest BCUT2D eigenvalue weighted by atomic mass is 32.1. The lowest BCUT2D eigenvalue weighted by Crippen LogP contribution is -2.31. The van der Waals surface area contributed by atoms with E-state index in [2.05, 4.69) is 10.5 Å². The van der Waals surface area contributed by atoms with Crippen molar-refractivity contribution in [1.29, 1.82) is 0 Å². The van der Waals surface area contributed by atoms with Crippen molar-refractivity contribution in [2.75, 3.05) is 27.9 Å². The van der Waals surface area contributed by atoms with Crippen molar-refractivity contribution in [3.8, 4) is 11.5 Å². The Morgan fingerprint density at radius 1 is 1.12 bits per heavy atom. The molecule has 7 heteroatoms. The zero-order chi connectivity index (χ0) is 19.1. The van der Waals surface area contributed by atoms with Gasteiger partial charge in [-0.3, -0.25) is 0 Å². The van der Waals surface area contributed by atoms with Crippen molar-refractivity contribution < 1.29 is 18.7 Å². The molecule has 140 valence electrons. The Morgan fingerprint density at radius 3 is 2.42 bits per heavy atom. The summed E-state index contributed by atoms with van der Waals surface area (Å²) in [5.74, 6) is 2.83. The van der Waals surface area contributed by atoms with Gasteiger partial charge in [0.2, 0.25) is 0 Å². The number of hydrogen-bond acceptors (Lipinski definition) is 6. The van der Waals surface area contributed by atoms with Crippen LogP contribution < -0.4 is 14.8 Å². The monoisotopic (exact) mass is 376 g/mol. The average Bonchev–Trinajstić information content (AvgIpc) is 2.97. The smallest absolute Gasteiger partial charge is 0.179 e. The van der Waals surface area contributed by atoms with Gasteiger partial charge in [-0.05, 0) is 49.6 Å². The molecule has 0 unspecified atom stereocenters. The minimum Gasteiger partial charge on any atom is -0.493 e. The Balaban J connectivity index is 2.01. The van der Waals surface area contributed by atoms with Gasteiger partial charge in [-0.2, -0.15) is 0 Å². The molecule has 0 radical (unpaired) electrons. The molecule has 0 aliphatic rings. The van der Waals surface area contributed by atoms with Crippen molar-refractivity contribution >= 4 is 22.9 Å². The van der Waals surface area contributed by atoms with E-state index in [9.17, 15) is 0 Å². The Labute approximate surface area is 159 Å². The second kappa shape index (κ2) is 9.24. The molecule has 1 N–H and O–H groups in total. The van der Waals surface area contributed by atoms with Gasteiger partial charge in [0, 0.05) is 6.54 Å². The molecule has 0 saturated carbocycles. The van der Waals surface area contributed by atoms with Crippen LogP contribution in [-0.2, 0) is 11.3 Å². The van der Waals surface area contributed by atoms with Crippen molar-refractivity contribution in [2.24, 2.45) is 5.16 Å². The quantitative estimate of drug-likeness (QED) is 0.433. The van der Waals surface area contributed by atoms with Gasteiger partial charge in [-0.15, -0.1) is 0 Å². The highest BCUT2D eigenvalue weighted by Gasteiger charge is 2.16. The van der Waals surface area contributed by atoms with Crippen molar-refractivity contribution in [3.63, 3.8) is 0 Å². The highest BCUT2D eigenvalue weighted by molar-refractivity contribution is 7.82. The summed E-state index contributed by atoms with van der Waals surface area (Å²) in [6.07, 6.45) is 0.761. The largest absolute Gasteiger partial charge is 0.493 e. The second-order valence-electron chi connectivity index (χ2n) is 5.67. The van der Waals surface area contributed by atoms with Crippen molar-refractivity contribution in [2.45, 2.75) is 20.3 Å². The fourth-order valence-corrected chi connectivity index (χ4v) is 2.66. The number of rotatable bonds is 8. The van der Waals surface area contributed by atoms with E-state index in [1.807, 2.05) is 38.1 Å². The maximum Gasteiger partial charge on any atom is 0.179 e. The zero-order valence-corrected chi connectivity index (χ0v) is 16.5. The first-order valence-corrected chi connectivity index (χ1v) is 8.58. The van der Waals surface area contributed by atoms with Gasteiger partial charge >= 0.3 is 0 Å². The van der Waals surface area contributed by atoms with Crippen LogP contribution in [-0.4, -0.2) is 38.6 Å². The van der Waals surface area contributed by atoms with E-state index in [1.165, 1.54) is 7.11 Å². The third-order valence-electron chi connectivity index (χ3n) is 3.94. The molecule has 0 amide bonds. The normalized spacial score (nSPS) is 11.2. The number of hydrogen-bond donors (Lipinski definition) is 1. The summed E-state index contributed by atoms with van der Waals surface area (Å²) in [7, 11) is 4.72. The number of methoxy groups -OCH3 is 2. The lowest BCUT2D eigenvalue weighted by Gasteiger charge is -2.11. The first-order valence-electron chi connectivity index (χ1n) is 8.17. The number of oxime groups is 1. The summed E-state index contributed by atoms with van der Waals surface area (Å²) in [5.41, 5.74) is 2.62. The van der Waals surface area contributed by atoms with Crippen LogP contribution in [0.25, 0.3) is 0 Å². The highest BCUT2D eigenvalue weighted by Crippen LogP contribution is 2.27. The second-order valence-corrected chi connectivity index (χ2v) is 6.08. The zero-order valence-electron chi connectivity index (χ0n) is 15.7. The molecule has 1 aromatic heterocycles. The van der Waals surface area contributed by atoms with Gasteiger partial charge in [0.25, 0.3) is 0 Å². The van der Waals surface area contributed by atoms with E-state index in [1.54, 1.807) is 14.2 Å². The summed E-state index contributed by atoms with van der Waals surface area (Å²) >= 11 is 5.45. The van der Waals surface area contributed by atoms with Crippen molar-refractivity contribution in [1.82, 2.24) is 5.32 Å². The number of benzene rings is 1. The summed E-state index contributed by atoms with van der Waals surface area (Å²) in [6, 6.07) is 7.73. The summed E-state index contributed by atoms with van der Waals surface area (Å²) in [5, 5.41) is 7.21. The molecule has 2 rings (SSSR count). The van der Waals surface area contributed by atoms with Crippen LogP contribution in [0.4, 0.5) is 0 Å². The number of nitrogens with zero attached hydrogens (tertiary/aromatic N) is 1. The first-order chi connectivity index (χ1) is 12.5. The van der Waals surface area contributed by atoms with E-state index in [-0.39, 0.29) is 0 Å². The average molecular weight is 376 g/mol. The fourth-order valence-electron chi connectivity index (χ4n) is 2.42. The molecule has 0 bridgehead atoms. The van der Waals surface area contributed by atoms with Crippen LogP contribution in [0.15, 0.2) is 33.8 Å². The molecule has 0 saturated heterocycles. The molecule has 1 aromatic carbocycles. The third-order valence-corrected chi connectivity index (χ3v) is 4.28. The Morgan fingerprint density at radius 2 is 1.85 bits per heavy atom. The lowest BCUT2D eigenvalue weighted by atomic mass is 10.1. The molecule has 6 nitrogen and oxygen atoms in total. The van der Waals surface area contributed by atoms with Crippen LogP contribution in [0.5, 0.6) is 11.5 Å². The van der Waals surface area contributed by atoms with Gasteiger partial charge in [0.1, 0.15) is 17.9 Å². The van der Waals surface area contributed by atoms with Gasteiger partial charge in [-0.25, -0.2) is 0 Å². The number of ether oxygens (including phenoxy) is 2. The minimum atomic E-state index is 0.473. The van der Waals surface area contributed by atoms with Gasteiger partial charge in [0.15, 0.2) is 23.0 Å². The molecular weight excluding hydrogens is 352 g/mol. The van der Waals surface area contributed by atoms with Gasteiger partial charge in [0.05, 0.1) is 14.2 Å². The molecule has 2 aromatic rings. The van der Waals surface area contributed by atoms with Crippen molar-refractivity contribution in [3.05, 3.63) is 46.9 Å². The molecule has 0 spiro atoms. The fraction of sp³-hybridized carbons (Fsp3) is 0.368. The predicted octanol–water partition coefficient (Wildman–Crippen LogP) is 3.42. The maximum atomic E-state index is 5.70. The minimum absolute atomic E-state index is 0.473. The van der Waals surface area contributed by atoms with Crippen LogP contribution in [0.1, 0.15) is 22.6 Å². The van der Waals surface area contributed by atoms with E-state index in [0.29, 0.717) is 34.5 Å². The van der Waals surface area contributed by atoms with E-state index < -0.39 is 0 Å². The SMILES string of the molecule is CO/N=C(\C(=S)NCCc1ccc(OC)c(OC)c1)c1cc(C)c(C)o1. The standard InChI is InChI=1S/C19H24N2O4S/c1-12-10-17(25-13(12)2)18(21-24-5)19(26)20-9-8-14-6-7-15(22-3)16(11-14)23-4/h6-7,10-11H,8-9H2,1-5H3,(H,20,26)/b21-18-. The number of furan rings is 1. The van der Waals surface area contributed by atoms with E-state index >= 15 is 0 Å². The van der Waals surface area contributed by atoms with Gasteiger partial charge in [-0.1, -0.05) is 23.4 Å². The molecule has 0 aliphatic carbocycles. The number of thiocarbonyl (C=S) groups is 1. The Bertz CT molecular complexity index is 779. The summed E-state index contributed by atoms with van der Waals surface area (Å²) < 4.78 is 16.3. The molecule has 1 heterocycles. The number of aryl methyl sites for hydroxylation is 2. The molecule has 26 heavy (non-hydrogen) atoms. The van der Waals surface area contributed by atoms with E-state index in [0.717, 1.165) is 23.3 Å². The van der Waals surface area contributed by atoms with Crippen LogP contribution >= 0.6 is 12.2 Å². The number of nitrogens with one attached hydrogen (secondary N) is 1. The summed E-state index contributed by atoms with van der Waals surface area (Å²) in [6.45, 7) is 4.51. The Kier molecular flexibility index (Phi) is 7.03. The lowest BCUT2D eigenvalue weighted by molar-refractivity contribution is 0.214. The Hall–Kier alpha value is -2.54. The summed E-state index contributed by atoms with van der Waals surface area (Å²) in [4.78, 5) is 5.39. The molecule has 0 atom stereocenters.